The smallest absolute Gasteiger partial charge is 0.227 e. The largest absolute Gasteiger partial charge is 0.339 e. The normalized spacial score (nSPS) is 10.9. The van der Waals surface area contributed by atoms with Gasteiger partial charge in [-0.15, -0.1) is 0 Å². The standard InChI is InChI=1S/C19H16BrN5O2S/c20-15-4-2-1-3-13(15)11-25-16(7-9-21-25)22-17(26)5-6-18-23-19(24-27-18)14-8-10-28-12-14/h1-4,7-10,12H,5-6,11H2,(H,22,26). The second-order valence-electron chi connectivity index (χ2n) is 6.04. The van der Waals surface area contributed by atoms with Gasteiger partial charge in [-0.05, 0) is 23.1 Å². The first-order valence-electron chi connectivity index (χ1n) is 8.59. The number of aryl methyl sites for hydroxylation is 1. The molecule has 0 aliphatic carbocycles. The highest BCUT2D eigenvalue weighted by molar-refractivity contribution is 9.10. The van der Waals surface area contributed by atoms with Crippen LogP contribution in [0.25, 0.3) is 11.4 Å². The fraction of sp³-hybridized carbons (Fsp3) is 0.158. The SMILES string of the molecule is O=C(CCc1nc(-c2ccsc2)no1)Nc1ccnn1Cc1ccccc1Br. The van der Waals surface area contributed by atoms with Gasteiger partial charge in [-0.1, -0.05) is 39.3 Å². The lowest BCUT2D eigenvalue weighted by Gasteiger charge is -2.10. The Hall–Kier alpha value is -2.78. The third-order valence-electron chi connectivity index (χ3n) is 4.08. The Bertz CT molecular complexity index is 1070. The van der Waals surface area contributed by atoms with E-state index in [4.69, 9.17) is 4.52 Å². The number of thiophene rings is 1. The predicted octanol–water partition coefficient (Wildman–Crippen LogP) is 4.38. The van der Waals surface area contributed by atoms with Crippen molar-refractivity contribution in [3.63, 3.8) is 0 Å². The second kappa shape index (κ2) is 8.49. The lowest BCUT2D eigenvalue weighted by Crippen LogP contribution is -2.16. The van der Waals surface area contributed by atoms with Crippen molar-refractivity contribution in [1.29, 1.82) is 0 Å². The maximum atomic E-state index is 12.3. The van der Waals surface area contributed by atoms with E-state index in [2.05, 4.69) is 36.5 Å². The molecule has 0 spiro atoms. The summed E-state index contributed by atoms with van der Waals surface area (Å²) in [6.45, 7) is 0.553. The molecule has 4 aromatic rings. The first-order chi connectivity index (χ1) is 13.7. The number of halogens is 1. The molecule has 3 heterocycles. The summed E-state index contributed by atoms with van der Waals surface area (Å²) in [5.74, 6) is 1.50. The molecular formula is C19H16BrN5O2S. The van der Waals surface area contributed by atoms with Crippen molar-refractivity contribution in [1.82, 2.24) is 19.9 Å². The monoisotopic (exact) mass is 457 g/mol. The topological polar surface area (TPSA) is 85.8 Å². The van der Waals surface area contributed by atoms with Gasteiger partial charge < -0.3 is 9.84 Å². The highest BCUT2D eigenvalue weighted by Crippen LogP contribution is 2.20. The van der Waals surface area contributed by atoms with Crippen LogP contribution in [0.15, 0.2) is 62.4 Å². The Labute approximate surface area is 173 Å². The molecule has 0 saturated heterocycles. The molecule has 0 fully saturated rings. The predicted molar refractivity (Wildman–Crippen MR) is 110 cm³/mol. The number of hydrogen-bond acceptors (Lipinski definition) is 6. The molecule has 9 heteroatoms. The van der Waals surface area contributed by atoms with Crippen LogP contribution in [0.2, 0.25) is 0 Å². The van der Waals surface area contributed by atoms with Crippen LogP contribution in [-0.2, 0) is 17.8 Å². The summed E-state index contributed by atoms with van der Waals surface area (Å²) in [6.07, 6.45) is 2.28. The minimum atomic E-state index is -0.135. The van der Waals surface area contributed by atoms with Crippen molar-refractivity contribution in [3.8, 4) is 11.4 Å². The Morgan fingerprint density at radius 1 is 1.25 bits per heavy atom. The van der Waals surface area contributed by atoms with Crippen LogP contribution in [-0.4, -0.2) is 25.8 Å². The highest BCUT2D eigenvalue weighted by Gasteiger charge is 2.13. The molecule has 0 bridgehead atoms. The Balaban J connectivity index is 1.35. The van der Waals surface area contributed by atoms with E-state index in [1.54, 1.807) is 28.3 Å². The average molecular weight is 458 g/mol. The molecule has 28 heavy (non-hydrogen) atoms. The van der Waals surface area contributed by atoms with Crippen molar-refractivity contribution in [2.24, 2.45) is 0 Å². The van der Waals surface area contributed by atoms with E-state index in [0.717, 1.165) is 15.6 Å². The lowest BCUT2D eigenvalue weighted by atomic mass is 10.2. The van der Waals surface area contributed by atoms with Gasteiger partial charge in [-0.2, -0.15) is 21.4 Å². The van der Waals surface area contributed by atoms with Gasteiger partial charge in [0.25, 0.3) is 0 Å². The third kappa shape index (κ3) is 4.37. The summed E-state index contributed by atoms with van der Waals surface area (Å²) in [4.78, 5) is 16.7. The molecule has 142 valence electrons. The summed E-state index contributed by atoms with van der Waals surface area (Å²) in [7, 11) is 0. The van der Waals surface area contributed by atoms with E-state index in [9.17, 15) is 4.79 Å². The zero-order valence-electron chi connectivity index (χ0n) is 14.7. The zero-order valence-corrected chi connectivity index (χ0v) is 17.1. The second-order valence-corrected chi connectivity index (χ2v) is 7.67. The Morgan fingerprint density at radius 2 is 2.14 bits per heavy atom. The van der Waals surface area contributed by atoms with Gasteiger partial charge in [0.2, 0.25) is 17.6 Å². The van der Waals surface area contributed by atoms with Crippen LogP contribution in [0, 0.1) is 0 Å². The van der Waals surface area contributed by atoms with Gasteiger partial charge in [0.15, 0.2) is 0 Å². The van der Waals surface area contributed by atoms with Crippen LogP contribution in [0.4, 0.5) is 5.82 Å². The lowest BCUT2D eigenvalue weighted by molar-refractivity contribution is -0.116. The molecule has 0 unspecified atom stereocenters. The number of carbonyl (C=O) groups excluding carboxylic acids is 1. The van der Waals surface area contributed by atoms with E-state index in [-0.39, 0.29) is 12.3 Å². The maximum absolute atomic E-state index is 12.3. The molecule has 1 N–H and O–H groups in total. The van der Waals surface area contributed by atoms with Crippen LogP contribution in [0.1, 0.15) is 17.9 Å². The summed E-state index contributed by atoms with van der Waals surface area (Å²) >= 11 is 5.10. The quantitative estimate of drug-likeness (QED) is 0.444. The molecule has 3 aromatic heterocycles. The number of nitrogens with zero attached hydrogens (tertiary/aromatic N) is 4. The average Bonchev–Trinajstić information content (AvgIpc) is 3.44. The molecule has 0 saturated carbocycles. The number of hydrogen-bond donors (Lipinski definition) is 1. The molecule has 0 atom stereocenters. The van der Waals surface area contributed by atoms with Gasteiger partial charge in [0.1, 0.15) is 5.82 Å². The van der Waals surface area contributed by atoms with Crippen LogP contribution in [0.5, 0.6) is 0 Å². The Kier molecular flexibility index (Phi) is 5.63. The zero-order chi connectivity index (χ0) is 19.3. The molecule has 0 aliphatic heterocycles. The fourth-order valence-corrected chi connectivity index (χ4v) is 3.69. The summed E-state index contributed by atoms with van der Waals surface area (Å²) < 4.78 is 7.98. The highest BCUT2D eigenvalue weighted by atomic mass is 79.9. The molecule has 0 aliphatic rings. The number of benzene rings is 1. The first-order valence-corrected chi connectivity index (χ1v) is 10.3. The van der Waals surface area contributed by atoms with Crippen molar-refractivity contribution in [2.45, 2.75) is 19.4 Å². The number of carbonyl (C=O) groups is 1. The van der Waals surface area contributed by atoms with Crippen LogP contribution in [0.3, 0.4) is 0 Å². The van der Waals surface area contributed by atoms with Crippen molar-refractivity contribution in [2.75, 3.05) is 5.32 Å². The van der Waals surface area contributed by atoms with Gasteiger partial charge in [-0.25, -0.2) is 4.68 Å². The number of anilines is 1. The van der Waals surface area contributed by atoms with Crippen LogP contribution < -0.4 is 5.32 Å². The van der Waals surface area contributed by atoms with Crippen molar-refractivity contribution >= 4 is 39.0 Å². The Morgan fingerprint density at radius 3 is 2.96 bits per heavy atom. The molecule has 7 nitrogen and oxygen atoms in total. The summed E-state index contributed by atoms with van der Waals surface area (Å²) in [6, 6.07) is 11.6. The van der Waals surface area contributed by atoms with Crippen molar-refractivity contribution < 1.29 is 9.32 Å². The van der Waals surface area contributed by atoms with E-state index in [1.807, 2.05) is 41.1 Å². The molecular weight excluding hydrogens is 442 g/mol. The fourth-order valence-electron chi connectivity index (χ4n) is 2.64. The van der Waals surface area contributed by atoms with Crippen molar-refractivity contribution in [3.05, 3.63) is 69.3 Å². The van der Waals surface area contributed by atoms with E-state index in [1.165, 1.54) is 0 Å². The molecule has 4 rings (SSSR count). The summed E-state index contributed by atoms with van der Waals surface area (Å²) in [5, 5.41) is 15.0. The molecule has 1 aromatic carbocycles. The van der Waals surface area contributed by atoms with Gasteiger partial charge in [0.05, 0.1) is 12.7 Å². The van der Waals surface area contributed by atoms with E-state index >= 15 is 0 Å². The van der Waals surface area contributed by atoms with Gasteiger partial charge >= 0.3 is 0 Å². The number of nitrogens with one attached hydrogen (secondary N) is 1. The minimum absolute atomic E-state index is 0.135. The molecule has 1 amide bonds. The summed E-state index contributed by atoms with van der Waals surface area (Å²) in [5.41, 5.74) is 1.99. The molecule has 0 radical (unpaired) electrons. The van der Waals surface area contributed by atoms with Crippen LogP contribution >= 0.6 is 27.3 Å². The first kappa shape index (κ1) is 18.6. The number of aromatic nitrogens is 4. The maximum Gasteiger partial charge on any atom is 0.227 e. The number of amides is 1. The minimum Gasteiger partial charge on any atom is -0.339 e. The van der Waals surface area contributed by atoms with Gasteiger partial charge in [0, 0.05) is 34.3 Å². The van der Waals surface area contributed by atoms with E-state index in [0.29, 0.717) is 30.5 Å². The van der Waals surface area contributed by atoms with E-state index < -0.39 is 0 Å². The number of rotatable bonds is 7. The third-order valence-corrected chi connectivity index (χ3v) is 5.53. The van der Waals surface area contributed by atoms with Gasteiger partial charge in [-0.3, -0.25) is 4.79 Å².